The average Bonchev–Trinajstić information content (AvgIpc) is 2.79. The molecule has 2 N–H and O–H groups in total. The Labute approximate surface area is 184 Å². The first-order valence-electron chi connectivity index (χ1n) is 9.59. The number of halogens is 1. The zero-order chi connectivity index (χ0) is 21.5. The second kappa shape index (κ2) is 9.73. The number of hydrogen-bond acceptors (Lipinski definition) is 5. The number of aromatic nitrogens is 2. The van der Waals surface area contributed by atoms with E-state index in [4.69, 9.17) is 16.3 Å². The number of nitrogens with zero attached hydrogens (tertiary/aromatic N) is 2. The summed E-state index contributed by atoms with van der Waals surface area (Å²) < 4.78 is 5.78. The molecule has 0 fully saturated rings. The van der Waals surface area contributed by atoms with Gasteiger partial charge in [0, 0.05) is 16.7 Å². The quantitative estimate of drug-likeness (QED) is 0.315. The van der Waals surface area contributed by atoms with Gasteiger partial charge in [0.05, 0.1) is 11.9 Å². The molecule has 1 heterocycles. The van der Waals surface area contributed by atoms with Crippen LogP contribution in [0.4, 0.5) is 5.95 Å². The number of nitrogens with one attached hydrogen (secondary N) is 2. The molecular weight excluding hydrogens is 412 g/mol. The number of hydrazone groups is 1. The monoisotopic (exact) mass is 430 g/mol. The van der Waals surface area contributed by atoms with Crippen LogP contribution in [0.2, 0.25) is 5.02 Å². The maximum absolute atomic E-state index is 11.9. The molecule has 0 amide bonds. The summed E-state index contributed by atoms with van der Waals surface area (Å²) in [6, 6.07) is 26.0. The molecule has 4 rings (SSSR count). The summed E-state index contributed by atoms with van der Waals surface area (Å²) >= 11 is 5.99. The molecule has 0 aliphatic heterocycles. The summed E-state index contributed by atoms with van der Waals surface area (Å²) in [5.41, 5.74) is 5.81. The van der Waals surface area contributed by atoms with E-state index in [1.165, 1.54) is 6.07 Å². The zero-order valence-corrected chi connectivity index (χ0v) is 17.2. The van der Waals surface area contributed by atoms with Crippen molar-refractivity contribution in [2.45, 2.75) is 6.61 Å². The van der Waals surface area contributed by atoms with Crippen LogP contribution >= 0.6 is 11.6 Å². The van der Waals surface area contributed by atoms with Gasteiger partial charge >= 0.3 is 0 Å². The van der Waals surface area contributed by atoms with Crippen molar-refractivity contribution in [1.82, 2.24) is 9.97 Å². The second-order valence-electron chi connectivity index (χ2n) is 6.70. The molecule has 7 heteroatoms. The van der Waals surface area contributed by atoms with Crippen molar-refractivity contribution >= 4 is 23.8 Å². The van der Waals surface area contributed by atoms with Gasteiger partial charge in [-0.2, -0.15) is 5.10 Å². The Hall–Kier alpha value is -3.90. The molecule has 0 aliphatic rings. The van der Waals surface area contributed by atoms with Crippen LogP contribution in [0.5, 0.6) is 5.75 Å². The van der Waals surface area contributed by atoms with Crippen LogP contribution in [0.3, 0.4) is 0 Å². The molecule has 0 saturated heterocycles. The fourth-order valence-electron chi connectivity index (χ4n) is 2.88. The van der Waals surface area contributed by atoms with Crippen LogP contribution in [-0.4, -0.2) is 16.2 Å². The van der Waals surface area contributed by atoms with E-state index in [0.29, 0.717) is 17.3 Å². The Morgan fingerprint density at radius 1 is 1.00 bits per heavy atom. The number of ether oxygens (including phenoxy) is 1. The third-order valence-electron chi connectivity index (χ3n) is 4.37. The smallest absolute Gasteiger partial charge is 0.252 e. The summed E-state index contributed by atoms with van der Waals surface area (Å²) in [7, 11) is 0. The van der Waals surface area contributed by atoms with E-state index in [1.54, 1.807) is 6.21 Å². The normalized spacial score (nSPS) is 10.9. The molecule has 0 atom stereocenters. The third-order valence-corrected chi connectivity index (χ3v) is 4.61. The topological polar surface area (TPSA) is 79.4 Å². The summed E-state index contributed by atoms with van der Waals surface area (Å²) in [4.78, 5) is 19.0. The maximum Gasteiger partial charge on any atom is 0.252 e. The summed E-state index contributed by atoms with van der Waals surface area (Å²) in [5, 5.41) is 4.84. The molecule has 0 unspecified atom stereocenters. The van der Waals surface area contributed by atoms with Crippen LogP contribution in [0, 0.1) is 0 Å². The van der Waals surface area contributed by atoms with E-state index in [0.717, 1.165) is 22.4 Å². The van der Waals surface area contributed by atoms with E-state index in [2.05, 4.69) is 20.5 Å². The fourth-order valence-corrected chi connectivity index (χ4v) is 3.09. The number of H-pyrrole nitrogens is 1. The van der Waals surface area contributed by atoms with Gasteiger partial charge in [-0.3, -0.25) is 9.78 Å². The second-order valence-corrected chi connectivity index (χ2v) is 7.14. The lowest BCUT2D eigenvalue weighted by molar-refractivity contribution is 0.306. The molecule has 31 heavy (non-hydrogen) atoms. The fraction of sp³-hybridized carbons (Fsp3) is 0.0417. The Balaban J connectivity index is 1.37. The van der Waals surface area contributed by atoms with E-state index in [9.17, 15) is 4.79 Å². The Morgan fingerprint density at radius 2 is 1.81 bits per heavy atom. The van der Waals surface area contributed by atoms with Gasteiger partial charge in [0.1, 0.15) is 12.4 Å². The maximum atomic E-state index is 11.9. The molecular formula is C24H19ClN4O2. The largest absolute Gasteiger partial charge is 0.489 e. The SMILES string of the molecule is O=c1cc(-c2ccccc2)nc(N/N=C/c2ccc(OCc3cccc(Cl)c3)cc2)[nH]1. The van der Waals surface area contributed by atoms with Crippen LogP contribution in [0.25, 0.3) is 11.3 Å². The lowest BCUT2D eigenvalue weighted by atomic mass is 10.1. The van der Waals surface area contributed by atoms with Gasteiger partial charge in [-0.05, 0) is 47.5 Å². The molecule has 0 bridgehead atoms. The Morgan fingerprint density at radius 3 is 2.58 bits per heavy atom. The first kappa shape index (κ1) is 20.4. The highest BCUT2D eigenvalue weighted by Crippen LogP contribution is 2.17. The molecule has 0 aliphatic carbocycles. The summed E-state index contributed by atoms with van der Waals surface area (Å²) in [6.07, 6.45) is 1.63. The molecule has 3 aromatic carbocycles. The van der Waals surface area contributed by atoms with Gasteiger partial charge in [-0.1, -0.05) is 54.1 Å². The third kappa shape index (κ3) is 5.81. The average molecular weight is 431 g/mol. The predicted molar refractivity (Wildman–Crippen MR) is 124 cm³/mol. The molecule has 0 spiro atoms. The van der Waals surface area contributed by atoms with Crippen LogP contribution in [-0.2, 0) is 6.61 Å². The van der Waals surface area contributed by atoms with Crippen LogP contribution in [0.1, 0.15) is 11.1 Å². The molecule has 4 aromatic rings. The van der Waals surface area contributed by atoms with Gasteiger partial charge in [0.2, 0.25) is 5.95 Å². The lowest BCUT2D eigenvalue weighted by Gasteiger charge is -2.07. The van der Waals surface area contributed by atoms with Gasteiger partial charge in [-0.25, -0.2) is 10.4 Å². The zero-order valence-electron chi connectivity index (χ0n) is 16.5. The van der Waals surface area contributed by atoms with E-state index >= 15 is 0 Å². The minimum absolute atomic E-state index is 0.257. The van der Waals surface area contributed by atoms with Crippen molar-refractivity contribution < 1.29 is 4.74 Å². The highest BCUT2D eigenvalue weighted by molar-refractivity contribution is 6.30. The van der Waals surface area contributed by atoms with Crippen molar-refractivity contribution in [2.24, 2.45) is 5.10 Å². The lowest BCUT2D eigenvalue weighted by Crippen LogP contribution is -2.10. The van der Waals surface area contributed by atoms with Gasteiger partial charge in [-0.15, -0.1) is 0 Å². The van der Waals surface area contributed by atoms with E-state index < -0.39 is 0 Å². The molecule has 0 saturated carbocycles. The highest BCUT2D eigenvalue weighted by Gasteiger charge is 2.03. The van der Waals surface area contributed by atoms with Crippen molar-refractivity contribution in [2.75, 3.05) is 5.43 Å². The van der Waals surface area contributed by atoms with E-state index in [1.807, 2.05) is 78.9 Å². The number of anilines is 1. The number of rotatable bonds is 7. The number of hydrogen-bond donors (Lipinski definition) is 2. The highest BCUT2D eigenvalue weighted by atomic mass is 35.5. The van der Waals surface area contributed by atoms with Crippen molar-refractivity contribution in [3.05, 3.63) is 111 Å². The van der Waals surface area contributed by atoms with Gasteiger partial charge in [0.15, 0.2) is 0 Å². The minimum atomic E-state index is -0.257. The molecule has 6 nitrogen and oxygen atoms in total. The Kier molecular flexibility index (Phi) is 6.40. The minimum Gasteiger partial charge on any atom is -0.489 e. The summed E-state index contributed by atoms with van der Waals surface area (Å²) in [5.74, 6) is 1.01. The van der Waals surface area contributed by atoms with Gasteiger partial charge < -0.3 is 4.74 Å². The first-order chi connectivity index (χ1) is 15.2. The molecule has 154 valence electrons. The summed E-state index contributed by atoms with van der Waals surface area (Å²) in [6.45, 7) is 0.437. The number of benzene rings is 3. The van der Waals surface area contributed by atoms with Crippen LogP contribution < -0.4 is 15.7 Å². The van der Waals surface area contributed by atoms with Crippen LogP contribution in [0.15, 0.2) is 94.8 Å². The predicted octanol–water partition coefficient (Wildman–Crippen LogP) is 5.12. The van der Waals surface area contributed by atoms with Crippen molar-refractivity contribution in [1.29, 1.82) is 0 Å². The van der Waals surface area contributed by atoms with Crippen molar-refractivity contribution in [3.8, 4) is 17.0 Å². The van der Waals surface area contributed by atoms with E-state index in [-0.39, 0.29) is 11.5 Å². The Bertz CT molecular complexity index is 1240. The first-order valence-corrected chi connectivity index (χ1v) is 9.97. The number of aromatic amines is 1. The van der Waals surface area contributed by atoms with Gasteiger partial charge in [0.25, 0.3) is 5.56 Å². The molecule has 1 aromatic heterocycles. The van der Waals surface area contributed by atoms with Crippen molar-refractivity contribution in [3.63, 3.8) is 0 Å². The molecule has 0 radical (unpaired) electrons. The standard InChI is InChI=1S/C24H19ClN4O2/c25-20-8-4-5-18(13-20)16-31-21-11-9-17(10-12-21)15-26-29-24-27-22(14-23(30)28-24)19-6-2-1-3-7-19/h1-15H,16H2,(H2,27,28,29,30)/b26-15+.